The fourth-order valence-electron chi connectivity index (χ4n) is 1.54. The monoisotopic (exact) mass is 261 g/mol. The van der Waals surface area contributed by atoms with Crippen molar-refractivity contribution in [2.75, 3.05) is 34.4 Å². The van der Waals surface area contributed by atoms with Crippen molar-refractivity contribution in [3.63, 3.8) is 0 Å². The summed E-state index contributed by atoms with van der Waals surface area (Å²) in [6, 6.07) is 0. The van der Waals surface area contributed by atoms with Crippen molar-refractivity contribution in [1.29, 1.82) is 0 Å². The van der Waals surface area contributed by atoms with Crippen molar-refractivity contribution in [3.05, 3.63) is 16.9 Å². The quantitative estimate of drug-likeness (QED) is 0.801. The van der Waals surface area contributed by atoms with E-state index in [4.69, 9.17) is 16.3 Å². The molecule has 1 unspecified atom stereocenters. The number of aliphatic hydroxyl groups is 1. The van der Waals surface area contributed by atoms with E-state index in [2.05, 4.69) is 10.00 Å². The molecule has 0 spiro atoms. The fraction of sp³-hybridized carbons (Fsp3) is 0.727. The van der Waals surface area contributed by atoms with Gasteiger partial charge in [-0.25, -0.2) is 0 Å². The summed E-state index contributed by atoms with van der Waals surface area (Å²) >= 11 is 6.04. The predicted molar refractivity (Wildman–Crippen MR) is 67.2 cm³/mol. The zero-order valence-electron chi connectivity index (χ0n) is 10.6. The van der Waals surface area contributed by atoms with Crippen molar-refractivity contribution >= 4 is 11.6 Å². The maximum atomic E-state index is 10.0. The molecule has 0 aromatic carbocycles. The molecule has 1 rings (SSSR count). The van der Waals surface area contributed by atoms with E-state index in [-0.39, 0.29) is 0 Å². The summed E-state index contributed by atoms with van der Waals surface area (Å²) in [5.41, 5.74) is 0.672. The first-order valence-corrected chi connectivity index (χ1v) is 5.97. The third-order valence-corrected chi connectivity index (χ3v) is 2.79. The molecule has 98 valence electrons. The van der Waals surface area contributed by atoms with Crippen molar-refractivity contribution in [2.24, 2.45) is 0 Å². The van der Waals surface area contributed by atoms with Gasteiger partial charge in [0, 0.05) is 26.7 Å². The highest BCUT2D eigenvalue weighted by molar-refractivity contribution is 6.31. The lowest BCUT2D eigenvalue weighted by Gasteiger charge is -2.15. The highest BCUT2D eigenvalue weighted by atomic mass is 35.5. The van der Waals surface area contributed by atoms with Crippen LogP contribution in [-0.2, 0) is 11.3 Å². The molecule has 0 aliphatic carbocycles. The van der Waals surface area contributed by atoms with Gasteiger partial charge in [-0.05, 0) is 14.1 Å². The maximum absolute atomic E-state index is 10.0. The van der Waals surface area contributed by atoms with Gasteiger partial charge in [-0.2, -0.15) is 5.10 Å². The number of hydrogen-bond donors (Lipinski definition) is 1. The SMILES string of the molecule is COCCC(O)c1c(Cl)cnn1CCN(C)C. The second-order valence-corrected chi connectivity index (χ2v) is 4.61. The maximum Gasteiger partial charge on any atom is 0.0993 e. The van der Waals surface area contributed by atoms with Gasteiger partial charge in [0.05, 0.1) is 29.6 Å². The first-order valence-electron chi connectivity index (χ1n) is 5.59. The van der Waals surface area contributed by atoms with Gasteiger partial charge in [0.1, 0.15) is 0 Å². The molecule has 17 heavy (non-hydrogen) atoms. The molecule has 0 aliphatic heterocycles. The highest BCUT2D eigenvalue weighted by Crippen LogP contribution is 2.24. The normalized spacial score (nSPS) is 13.3. The van der Waals surface area contributed by atoms with Gasteiger partial charge in [-0.15, -0.1) is 0 Å². The van der Waals surface area contributed by atoms with Crippen LogP contribution >= 0.6 is 11.6 Å². The molecule has 1 N–H and O–H groups in total. The zero-order chi connectivity index (χ0) is 12.8. The Balaban J connectivity index is 2.71. The molecule has 0 saturated carbocycles. The van der Waals surface area contributed by atoms with Gasteiger partial charge in [0.25, 0.3) is 0 Å². The van der Waals surface area contributed by atoms with Crippen LogP contribution in [0.15, 0.2) is 6.20 Å². The predicted octanol–water partition coefficient (Wildman–Crippen LogP) is 1.17. The van der Waals surface area contributed by atoms with E-state index in [1.807, 2.05) is 14.1 Å². The topological polar surface area (TPSA) is 50.5 Å². The summed E-state index contributed by atoms with van der Waals surface area (Å²) in [4.78, 5) is 2.06. The van der Waals surface area contributed by atoms with E-state index in [1.165, 1.54) is 0 Å². The molecule has 1 atom stereocenters. The molecule has 1 aromatic rings. The number of aromatic nitrogens is 2. The summed E-state index contributed by atoms with van der Waals surface area (Å²) in [5.74, 6) is 0. The summed E-state index contributed by atoms with van der Waals surface area (Å²) in [7, 11) is 5.59. The van der Waals surface area contributed by atoms with E-state index in [1.54, 1.807) is 18.0 Å². The van der Waals surface area contributed by atoms with Crippen LogP contribution in [0.25, 0.3) is 0 Å². The Labute approximate surface area is 107 Å². The first-order chi connectivity index (χ1) is 8.06. The number of methoxy groups -OCH3 is 1. The number of ether oxygens (including phenoxy) is 1. The largest absolute Gasteiger partial charge is 0.387 e. The summed E-state index contributed by atoms with van der Waals surface area (Å²) in [5, 5.41) is 14.7. The van der Waals surface area contributed by atoms with Crippen LogP contribution in [0.4, 0.5) is 0 Å². The van der Waals surface area contributed by atoms with E-state index in [9.17, 15) is 5.11 Å². The molecule has 6 heteroatoms. The zero-order valence-corrected chi connectivity index (χ0v) is 11.3. The molecule has 1 heterocycles. The van der Waals surface area contributed by atoms with Crippen LogP contribution in [-0.4, -0.2) is 54.1 Å². The molecule has 0 fully saturated rings. The molecule has 0 bridgehead atoms. The number of rotatable bonds is 7. The van der Waals surface area contributed by atoms with Crippen molar-refractivity contribution in [1.82, 2.24) is 14.7 Å². The van der Waals surface area contributed by atoms with Crippen molar-refractivity contribution in [3.8, 4) is 0 Å². The van der Waals surface area contributed by atoms with Gasteiger partial charge in [-0.3, -0.25) is 4.68 Å². The number of halogens is 1. The fourth-order valence-corrected chi connectivity index (χ4v) is 1.81. The van der Waals surface area contributed by atoms with Crippen molar-refractivity contribution in [2.45, 2.75) is 19.1 Å². The second-order valence-electron chi connectivity index (χ2n) is 4.20. The van der Waals surface area contributed by atoms with Crippen LogP contribution < -0.4 is 0 Å². The third-order valence-electron chi connectivity index (χ3n) is 2.50. The highest BCUT2D eigenvalue weighted by Gasteiger charge is 2.17. The van der Waals surface area contributed by atoms with Gasteiger partial charge in [0.15, 0.2) is 0 Å². The Kier molecular flexibility index (Phi) is 5.91. The third kappa shape index (κ3) is 4.27. The molecule has 0 amide bonds. The van der Waals surface area contributed by atoms with E-state index >= 15 is 0 Å². The van der Waals surface area contributed by atoms with Crippen molar-refractivity contribution < 1.29 is 9.84 Å². The Hall–Kier alpha value is -0.620. The Morgan fingerprint density at radius 3 is 2.88 bits per heavy atom. The lowest BCUT2D eigenvalue weighted by molar-refractivity contribution is 0.104. The van der Waals surface area contributed by atoms with Crippen LogP contribution in [0.2, 0.25) is 5.02 Å². The number of likely N-dealkylation sites (N-methyl/N-ethyl adjacent to an activating group) is 1. The van der Waals surface area contributed by atoms with Crippen LogP contribution in [0.1, 0.15) is 18.2 Å². The van der Waals surface area contributed by atoms with E-state index in [0.29, 0.717) is 30.3 Å². The Bertz CT molecular complexity index is 341. The minimum absolute atomic E-state index is 0.496. The minimum Gasteiger partial charge on any atom is -0.387 e. The number of hydrogen-bond acceptors (Lipinski definition) is 4. The summed E-state index contributed by atoms with van der Waals surface area (Å²) in [6.45, 7) is 2.05. The molecule has 0 saturated heterocycles. The van der Waals surface area contributed by atoms with Gasteiger partial charge >= 0.3 is 0 Å². The molecule has 0 aliphatic rings. The summed E-state index contributed by atoms with van der Waals surface area (Å²) in [6.07, 6.45) is 1.46. The first kappa shape index (κ1) is 14.4. The smallest absolute Gasteiger partial charge is 0.0993 e. The molecule has 1 aromatic heterocycles. The molecule has 0 radical (unpaired) electrons. The van der Waals surface area contributed by atoms with Crippen LogP contribution in [0, 0.1) is 0 Å². The average molecular weight is 262 g/mol. The average Bonchev–Trinajstić information content (AvgIpc) is 2.64. The number of aliphatic hydroxyl groups excluding tert-OH is 1. The second kappa shape index (κ2) is 6.96. The van der Waals surface area contributed by atoms with Gasteiger partial charge in [-0.1, -0.05) is 11.6 Å². The number of nitrogens with zero attached hydrogens (tertiary/aromatic N) is 3. The Morgan fingerprint density at radius 1 is 1.59 bits per heavy atom. The lowest BCUT2D eigenvalue weighted by Crippen LogP contribution is -2.21. The van der Waals surface area contributed by atoms with Gasteiger partial charge in [0.2, 0.25) is 0 Å². The van der Waals surface area contributed by atoms with Crippen LogP contribution in [0.3, 0.4) is 0 Å². The molecular formula is C11H20ClN3O2. The molecule has 5 nitrogen and oxygen atoms in total. The van der Waals surface area contributed by atoms with E-state index in [0.717, 1.165) is 6.54 Å². The Morgan fingerprint density at radius 2 is 2.29 bits per heavy atom. The standard InChI is InChI=1S/C11H20ClN3O2/c1-14(2)5-6-15-11(9(12)8-13-15)10(16)4-7-17-3/h8,10,16H,4-7H2,1-3H3. The minimum atomic E-state index is -0.632. The summed E-state index contributed by atoms with van der Waals surface area (Å²) < 4.78 is 6.70. The van der Waals surface area contributed by atoms with Crippen LogP contribution in [0.5, 0.6) is 0 Å². The molecular weight excluding hydrogens is 242 g/mol. The lowest BCUT2D eigenvalue weighted by atomic mass is 10.2. The van der Waals surface area contributed by atoms with E-state index < -0.39 is 6.10 Å². The van der Waals surface area contributed by atoms with Gasteiger partial charge < -0.3 is 14.7 Å².